The number of hydrogen-bond acceptors (Lipinski definition) is 1. The van der Waals surface area contributed by atoms with E-state index in [4.69, 9.17) is 0 Å². The molecule has 3 aromatic carbocycles. The number of carbonyl (C=O) groups excluding carboxylic acids is 1. The Morgan fingerprint density at radius 1 is 0.826 bits per heavy atom. The second kappa shape index (κ2) is 7.28. The van der Waals surface area contributed by atoms with Gasteiger partial charge in [-0.2, -0.15) is 0 Å². The van der Waals surface area contributed by atoms with Gasteiger partial charge in [0.25, 0.3) is 5.91 Å². The van der Waals surface area contributed by atoms with Crippen LogP contribution in [-0.4, -0.2) is 12.5 Å². The summed E-state index contributed by atoms with van der Waals surface area (Å²) in [6.45, 7) is 2.81. The van der Waals surface area contributed by atoms with E-state index in [1.165, 1.54) is 23.6 Å². The van der Waals surface area contributed by atoms with Gasteiger partial charge in [0.15, 0.2) is 0 Å². The first-order chi connectivity index (χ1) is 11.3. The number of amides is 1. The van der Waals surface area contributed by atoms with E-state index in [9.17, 15) is 4.79 Å². The van der Waals surface area contributed by atoms with Crippen LogP contribution in [0.1, 0.15) is 43.0 Å². The minimum Gasteiger partial charge on any atom is -0.267 e. The van der Waals surface area contributed by atoms with Gasteiger partial charge in [-0.15, -0.1) is 0 Å². The molecule has 0 atom stereocenters. The average Bonchev–Trinajstić information content (AvgIpc) is 2.60. The number of nitrogens with zero attached hydrogens (tertiary/aromatic N) is 1. The summed E-state index contributed by atoms with van der Waals surface area (Å²) < 4.78 is 0. The second-order valence-electron chi connectivity index (χ2n) is 5.93. The summed E-state index contributed by atoms with van der Waals surface area (Å²) in [4.78, 5) is 12.5. The van der Waals surface area contributed by atoms with Crippen molar-refractivity contribution >= 4 is 27.5 Å². The van der Waals surface area contributed by atoms with Crippen molar-refractivity contribution in [1.82, 2.24) is 5.32 Å². The lowest BCUT2D eigenvalue weighted by Gasteiger charge is -2.08. The zero-order valence-electron chi connectivity index (χ0n) is 13.6. The summed E-state index contributed by atoms with van der Waals surface area (Å²) >= 11 is 0. The fourth-order valence-electron chi connectivity index (χ4n) is 3.03. The Balaban J connectivity index is 1.86. The van der Waals surface area contributed by atoms with Gasteiger partial charge in [0.05, 0.1) is 0 Å². The molecule has 0 bridgehead atoms. The van der Waals surface area contributed by atoms with Crippen molar-refractivity contribution in [2.24, 2.45) is 0 Å². The summed E-state index contributed by atoms with van der Waals surface area (Å²) in [7, 11) is 0. The van der Waals surface area contributed by atoms with E-state index in [1.54, 1.807) is 0 Å². The molecule has 0 spiro atoms. The van der Waals surface area contributed by atoms with Crippen molar-refractivity contribution in [3.8, 4) is 0 Å². The van der Waals surface area contributed by atoms with Crippen molar-refractivity contribution in [3.05, 3.63) is 60.2 Å². The zero-order chi connectivity index (χ0) is 16.1. The SMILES string of the molecule is CCCCCC[N]C(=O)c1cccc2c1ccc1ccccc12. The van der Waals surface area contributed by atoms with Crippen molar-refractivity contribution in [1.29, 1.82) is 0 Å². The van der Waals surface area contributed by atoms with E-state index in [0.29, 0.717) is 12.1 Å². The summed E-state index contributed by atoms with van der Waals surface area (Å²) in [5.74, 6) is -0.0950. The van der Waals surface area contributed by atoms with Crippen molar-refractivity contribution in [3.63, 3.8) is 0 Å². The molecule has 0 saturated heterocycles. The molecule has 3 rings (SSSR count). The fraction of sp³-hybridized carbons (Fsp3) is 0.286. The maximum atomic E-state index is 12.5. The molecule has 0 heterocycles. The molecule has 0 unspecified atom stereocenters. The topological polar surface area (TPSA) is 31.2 Å². The molecular formula is C21H22NO. The molecule has 0 aliphatic carbocycles. The fourth-order valence-corrected chi connectivity index (χ4v) is 3.03. The van der Waals surface area contributed by atoms with Gasteiger partial charge in [0.2, 0.25) is 0 Å². The molecule has 0 aromatic heterocycles. The van der Waals surface area contributed by atoms with Crippen LogP contribution in [0.3, 0.4) is 0 Å². The summed E-state index contributed by atoms with van der Waals surface area (Å²) in [5, 5.41) is 8.75. The number of rotatable bonds is 6. The Kier molecular flexibility index (Phi) is 4.92. The van der Waals surface area contributed by atoms with Crippen LogP contribution >= 0.6 is 0 Å². The van der Waals surface area contributed by atoms with Crippen LogP contribution in [0.15, 0.2) is 54.6 Å². The van der Waals surface area contributed by atoms with Crippen LogP contribution in [-0.2, 0) is 0 Å². The first kappa shape index (κ1) is 15.5. The molecule has 1 amide bonds. The Morgan fingerprint density at radius 2 is 1.65 bits per heavy atom. The molecule has 23 heavy (non-hydrogen) atoms. The standard InChI is InChI=1S/C21H22NO/c1-2-3-4-7-15-22-21(23)20-12-8-11-18-17-10-6-5-9-16(17)13-14-19(18)20/h5-6,8-14H,2-4,7,15H2,1H3. The third-order valence-corrected chi connectivity index (χ3v) is 4.28. The minimum atomic E-state index is -0.0950. The Morgan fingerprint density at radius 3 is 2.52 bits per heavy atom. The third-order valence-electron chi connectivity index (χ3n) is 4.28. The number of hydrogen-bond donors (Lipinski definition) is 0. The van der Waals surface area contributed by atoms with Crippen LogP contribution < -0.4 is 5.32 Å². The van der Waals surface area contributed by atoms with Gasteiger partial charge in [-0.25, -0.2) is 5.32 Å². The van der Waals surface area contributed by atoms with Gasteiger partial charge < -0.3 is 0 Å². The molecule has 0 saturated carbocycles. The van der Waals surface area contributed by atoms with Crippen molar-refractivity contribution in [2.45, 2.75) is 32.6 Å². The Hall–Kier alpha value is -2.35. The molecule has 2 nitrogen and oxygen atoms in total. The largest absolute Gasteiger partial charge is 0.273 e. The van der Waals surface area contributed by atoms with E-state index in [1.807, 2.05) is 30.3 Å². The van der Waals surface area contributed by atoms with Crippen LogP contribution in [0, 0.1) is 0 Å². The maximum Gasteiger partial charge on any atom is 0.273 e. The highest BCUT2D eigenvalue weighted by Gasteiger charge is 2.11. The molecule has 0 aliphatic rings. The number of unbranched alkanes of at least 4 members (excludes halogenated alkanes) is 3. The summed E-state index contributed by atoms with van der Waals surface area (Å²) in [6, 6.07) is 18.3. The highest BCUT2D eigenvalue weighted by molar-refractivity contribution is 6.15. The van der Waals surface area contributed by atoms with Crippen LogP contribution in [0.5, 0.6) is 0 Å². The first-order valence-corrected chi connectivity index (χ1v) is 8.43. The number of fused-ring (bicyclic) bond motifs is 3. The lowest BCUT2D eigenvalue weighted by molar-refractivity contribution is 0.0950. The first-order valence-electron chi connectivity index (χ1n) is 8.43. The number of carbonyl (C=O) groups is 1. The Bertz CT molecular complexity index is 822. The predicted octanol–water partition coefficient (Wildman–Crippen LogP) is 5.32. The molecule has 1 radical (unpaired) electrons. The quantitative estimate of drug-likeness (QED) is 0.448. The molecule has 0 N–H and O–H groups in total. The van der Waals surface area contributed by atoms with Crippen molar-refractivity contribution in [2.75, 3.05) is 6.54 Å². The summed E-state index contributed by atoms with van der Waals surface area (Å²) in [5.41, 5.74) is 0.712. The van der Waals surface area contributed by atoms with E-state index in [2.05, 4.69) is 36.5 Å². The highest BCUT2D eigenvalue weighted by atomic mass is 16.1. The molecule has 117 valence electrons. The van der Waals surface area contributed by atoms with Crippen LogP contribution in [0.4, 0.5) is 0 Å². The minimum absolute atomic E-state index is 0.0950. The van der Waals surface area contributed by atoms with E-state index >= 15 is 0 Å². The molecule has 3 aromatic rings. The average molecular weight is 304 g/mol. The third kappa shape index (κ3) is 3.37. The normalized spacial score (nSPS) is 11.0. The summed E-state index contributed by atoms with van der Waals surface area (Å²) in [6.07, 6.45) is 4.55. The zero-order valence-corrected chi connectivity index (χ0v) is 13.6. The monoisotopic (exact) mass is 304 g/mol. The number of benzene rings is 3. The van der Waals surface area contributed by atoms with Gasteiger partial charge in [-0.05, 0) is 34.0 Å². The molecule has 2 heteroatoms. The van der Waals surface area contributed by atoms with E-state index < -0.39 is 0 Å². The Labute approximate surface area is 137 Å². The predicted molar refractivity (Wildman–Crippen MR) is 96.9 cm³/mol. The van der Waals surface area contributed by atoms with Gasteiger partial charge in [0, 0.05) is 12.1 Å². The van der Waals surface area contributed by atoms with E-state index in [0.717, 1.165) is 23.6 Å². The lowest BCUT2D eigenvalue weighted by Crippen LogP contribution is -2.17. The van der Waals surface area contributed by atoms with Gasteiger partial charge >= 0.3 is 0 Å². The second-order valence-corrected chi connectivity index (χ2v) is 5.93. The maximum absolute atomic E-state index is 12.5. The molecular weight excluding hydrogens is 282 g/mol. The van der Waals surface area contributed by atoms with Gasteiger partial charge in [-0.1, -0.05) is 74.7 Å². The lowest BCUT2D eigenvalue weighted by atomic mass is 9.98. The van der Waals surface area contributed by atoms with Gasteiger partial charge in [-0.3, -0.25) is 4.79 Å². The highest BCUT2D eigenvalue weighted by Crippen LogP contribution is 2.27. The van der Waals surface area contributed by atoms with Crippen LogP contribution in [0.2, 0.25) is 0 Å². The van der Waals surface area contributed by atoms with Gasteiger partial charge in [0.1, 0.15) is 0 Å². The molecule has 0 fully saturated rings. The molecule has 0 aliphatic heterocycles. The van der Waals surface area contributed by atoms with Crippen LogP contribution in [0.25, 0.3) is 21.5 Å². The van der Waals surface area contributed by atoms with Crippen molar-refractivity contribution < 1.29 is 4.79 Å². The smallest absolute Gasteiger partial charge is 0.267 e. The van der Waals surface area contributed by atoms with E-state index in [-0.39, 0.29) is 5.91 Å².